The minimum atomic E-state index is -1.07. The molecule has 0 bridgehead atoms. The van der Waals surface area contributed by atoms with Crippen LogP contribution in [0.2, 0.25) is 0 Å². The molecule has 35 heavy (non-hydrogen) atoms. The highest BCUT2D eigenvalue weighted by Gasteiger charge is 2.35. The zero-order valence-electron chi connectivity index (χ0n) is 19.1. The third-order valence-electron chi connectivity index (χ3n) is 5.96. The van der Waals surface area contributed by atoms with E-state index in [1.54, 1.807) is 71.4 Å². The number of anilines is 3. The Morgan fingerprint density at radius 2 is 1.71 bits per heavy atom. The molecule has 3 aromatic carbocycles. The van der Waals surface area contributed by atoms with Gasteiger partial charge in [0.25, 0.3) is 11.8 Å². The van der Waals surface area contributed by atoms with E-state index in [0.717, 1.165) is 5.56 Å². The number of rotatable bonds is 6. The number of aliphatic carboxylic acids is 1. The van der Waals surface area contributed by atoms with Crippen molar-refractivity contribution in [3.63, 3.8) is 0 Å². The van der Waals surface area contributed by atoms with Gasteiger partial charge in [-0.3, -0.25) is 19.8 Å². The molecule has 0 aromatic heterocycles. The number of nitrogen functional groups attached to an aromatic ring is 1. The summed E-state index contributed by atoms with van der Waals surface area (Å²) in [5.74, 6) is -1.79. The topological polar surface area (TPSA) is 140 Å². The number of carbonyl (C=O) groups excluding carboxylic acids is 2. The van der Waals surface area contributed by atoms with Gasteiger partial charge in [0.1, 0.15) is 11.9 Å². The number of benzene rings is 3. The van der Waals surface area contributed by atoms with Gasteiger partial charge in [0.2, 0.25) is 0 Å². The molecule has 9 heteroatoms. The molecule has 1 atom stereocenters. The quantitative estimate of drug-likeness (QED) is 0.322. The first-order valence-electron chi connectivity index (χ1n) is 10.9. The lowest BCUT2D eigenvalue weighted by Crippen LogP contribution is -2.46. The number of carboxylic acid groups (broad SMARTS) is 1. The van der Waals surface area contributed by atoms with E-state index in [0.29, 0.717) is 28.2 Å². The maximum Gasteiger partial charge on any atom is 0.305 e. The number of carbonyl (C=O) groups is 3. The van der Waals surface area contributed by atoms with Crippen molar-refractivity contribution in [2.75, 3.05) is 22.2 Å². The third-order valence-corrected chi connectivity index (χ3v) is 5.96. The Bertz CT molecular complexity index is 1290. The molecule has 3 aromatic rings. The number of nitrogens with zero attached hydrogens (tertiary/aromatic N) is 2. The first kappa shape index (κ1) is 23.5. The van der Waals surface area contributed by atoms with Gasteiger partial charge in [-0.25, -0.2) is 0 Å². The molecule has 4 rings (SSSR count). The van der Waals surface area contributed by atoms with Crippen molar-refractivity contribution in [1.82, 2.24) is 0 Å². The second-order valence-corrected chi connectivity index (χ2v) is 8.27. The Labute approximate surface area is 202 Å². The highest BCUT2D eigenvalue weighted by molar-refractivity contribution is 6.06. The van der Waals surface area contributed by atoms with Gasteiger partial charge in [0, 0.05) is 35.2 Å². The zero-order valence-corrected chi connectivity index (χ0v) is 19.1. The molecule has 2 amide bonds. The molecular weight excluding hydrogens is 446 g/mol. The molecule has 5 N–H and O–H groups in total. The molecule has 1 aliphatic rings. The summed E-state index contributed by atoms with van der Waals surface area (Å²) in [5, 5.41) is 19.7. The molecule has 0 spiro atoms. The van der Waals surface area contributed by atoms with Crippen LogP contribution >= 0.6 is 0 Å². The number of para-hydroxylation sites is 1. The van der Waals surface area contributed by atoms with Crippen molar-refractivity contribution < 1.29 is 19.5 Å². The monoisotopic (exact) mass is 471 g/mol. The van der Waals surface area contributed by atoms with Crippen molar-refractivity contribution in [2.24, 2.45) is 5.73 Å². The maximum absolute atomic E-state index is 13.4. The Balaban J connectivity index is 1.67. The summed E-state index contributed by atoms with van der Waals surface area (Å²) in [4.78, 5) is 41.1. The van der Waals surface area contributed by atoms with Crippen LogP contribution in [0.25, 0.3) is 0 Å². The second kappa shape index (κ2) is 9.68. The number of fused-ring (bicyclic) bond motifs is 1. The molecule has 178 valence electrons. The van der Waals surface area contributed by atoms with Crippen molar-refractivity contribution >= 4 is 40.7 Å². The normalized spacial score (nSPS) is 15.2. The Kier molecular flexibility index (Phi) is 6.50. The van der Waals surface area contributed by atoms with Crippen molar-refractivity contribution in [2.45, 2.75) is 19.0 Å². The predicted molar refractivity (Wildman–Crippen MR) is 134 cm³/mol. The van der Waals surface area contributed by atoms with Crippen LogP contribution in [0.5, 0.6) is 0 Å². The van der Waals surface area contributed by atoms with Gasteiger partial charge in [-0.05, 0) is 60.2 Å². The van der Waals surface area contributed by atoms with Crippen LogP contribution in [-0.4, -0.2) is 41.8 Å². The van der Waals surface area contributed by atoms with Crippen LogP contribution in [0.4, 0.5) is 17.1 Å². The average Bonchev–Trinajstić information content (AvgIpc) is 2.94. The number of nitrogens with one attached hydrogen (secondary N) is 2. The van der Waals surface area contributed by atoms with E-state index in [1.165, 1.54) is 0 Å². The minimum absolute atomic E-state index is 0.0588. The summed E-state index contributed by atoms with van der Waals surface area (Å²) in [7, 11) is 1.69. The number of amidine groups is 1. The highest BCUT2D eigenvalue weighted by Crippen LogP contribution is 2.32. The van der Waals surface area contributed by atoms with Crippen LogP contribution in [0.1, 0.15) is 27.9 Å². The molecule has 1 aliphatic heterocycles. The van der Waals surface area contributed by atoms with Crippen molar-refractivity contribution in [3.05, 3.63) is 89.5 Å². The van der Waals surface area contributed by atoms with Crippen LogP contribution in [0.3, 0.4) is 0 Å². The summed E-state index contributed by atoms with van der Waals surface area (Å²) in [6.45, 7) is 0.188. The molecule has 0 unspecified atom stereocenters. The van der Waals surface area contributed by atoms with Crippen LogP contribution in [0, 0.1) is 5.41 Å². The van der Waals surface area contributed by atoms with Crippen molar-refractivity contribution in [1.29, 1.82) is 5.41 Å². The van der Waals surface area contributed by atoms with Gasteiger partial charge in [0.05, 0.1) is 13.0 Å². The molecule has 0 fully saturated rings. The van der Waals surface area contributed by atoms with E-state index in [9.17, 15) is 19.5 Å². The Morgan fingerprint density at radius 3 is 2.34 bits per heavy atom. The fourth-order valence-corrected chi connectivity index (χ4v) is 4.11. The van der Waals surface area contributed by atoms with Crippen LogP contribution in [0.15, 0.2) is 72.8 Å². The van der Waals surface area contributed by atoms with Gasteiger partial charge >= 0.3 is 5.97 Å². The fourth-order valence-electron chi connectivity index (χ4n) is 4.11. The molecule has 0 radical (unpaired) electrons. The van der Waals surface area contributed by atoms with Gasteiger partial charge in [-0.2, -0.15) is 0 Å². The average molecular weight is 472 g/mol. The number of carboxylic acids is 1. The molecule has 1 heterocycles. The van der Waals surface area contributed by atoms with Gasteiger partial charge in [-0.15, -0.1) is 0 Å². The summed E-state index contributed by atoms with van der Waals surface area (Å²) < 4.78 is 0. The van der Waals surface area contributed by atoms with Gasteiger partial charge in [-0.1, -0.05) is 18.2 Å². The van der Waals surface area contributed by atoms with E-state index in [-0.39, 0.29) is 30.6 Å². The lowest BCUT2D eigenvalue weighted by Gasteiger charge is -2.29. The van der Waals surface area contributed by atoms with E-state index in [2.05, 4.69) is 5.32 Å². The largest absolute Gasteiger partial charge is 0.481 e. The first-order valence-corrected chi connectivity index (χ1v) is 10.9. The minimum Gasteiger partial charge on any atom is -0.481 e. The number of likely N-dealkylation sites (N-methyl/N-ethyl adjacent to an activating group) is 1. The molecule has 9 nitrogen and oxygen atoms in total. The fraction of sp³-hybridized carbons (Fsp3) is 0.154. The Morgan fingerprint density at radius 1 is 1.06 bits per heavy atom. The second-order valence-electron chi connectivity index (χ2n) is 8.27. The van der Waals surface area contributed by atoms with E-state index < -0.39 is 12.0 Å². The molecule has 0 saturated heterocycles. The number of amides is 2. The number of hydrogen-bond donors (Lipinski definition) is 4. The first-order chi connectivity index (χ1) is 16.7. The summed E-state index contributed by atoms with van der Waals surface area (Å²) in [5.41, 5.74) is 9.03. The van der Waals surface area contributed by atoms with Crippen molar-refractivity contribution in [3.8, 4) is 0 Å². The number of nitrogens with two attached hydrogens (primary N) is 1. The summed E-state index contributed by atoms with van der Waals surface area (Å²) in [6, 6.07) is 19.9. The Hall–Kier alpha value is -4.66. The lowest BCUT2D eigenvalue weighted by molar-refractivity contribution is -0.139. The standard InChI is InChI=1S/C26H25N5O4/c1-30-21-12-9-17(25(34)29-19-10-7-16(8-11-19)24(27)28)13-18(21)15-31(20-5-3-2-4-6-20)26(35)22(30)14-23(32)33/h2-13,22H,14-15H2,1H3,(H3,27,28)(H,29,34)(H,32,33)/t22-/m1/s1. The maximum atomic E-state index is 13.4. The van der Waals surface area contributed by atoms with E-state index >= 15 is 0 Å². The summed E-state index contributed by atoms with van der Waals surface area (Å²) >= 11 is 0. The molecule has 0 aliphatic carbocycles. The van der Waals surface area contributed by atoms with Crippen LogP contribution in [-0.2, 0) is 16.1 Å². The van der Waals surface area contributed by atoms with Gasteiger partial charge < -0.3 is 26.0 Å². The molecular formula is C26H25N5O4. The zero-order chi connectivity index (χ0) is 25.1. The van der Waals surface area contributed by atoms with E-state index in [4.69, 9.17) is 11.1 Å². The smallest absolute Gasteiger partial charge is 0.305 e. The predicted octanol–water partition coefficient (Wildman–Crippen LogP) is 3.05. The highest BCUT2D eigenvalue weighted by atomic mass is 16.4. The number of hydrogen-bond acceptors (Lipinski definition) is 5. The van der Waals surface area contributed by atoms with Gasteiger partial charge in [0.15, 0.2) is 0 Å². The van der Waals surface area contributed by atoms with Crippen LogP contribution < -0.4 is 20.9 Å². The molecule has 0 saturated carbocycles. The lowest BCUT2D eigenvalue weighted by atomic mass is 10.1. The third kappa shape index (κ3) is 4.98. The van der Waals surface area contributed by atoms with E-state index in [1.807, 2.05) is 18.2 Å². The summed E-state index contributed by atoms with van der Waals surface area (Å²) in [6.07, 6.45) is -0.351. The SMILES string of the molecule is CN1c2ccc(C(=O)Nc3ccc(C(=N)N)cc3)cc2CN(c2ccccc2)C(=O)[C@H]1CC(=O)O.